The number of hydrogen-bond donors (Lipinski definition) is 0. The van der Waals surface area contributed by atoms with Gasteiger partial charge in [0.25, 0.3) is 0 Å². The van der Waals surface area contributed by atoms with Gasteiger partial charge in [-0.25, -0.2) is 17.6 Å². The molecule has 0 N–H and O–H groups in total. The summed E-state index contributed by atoms with van der Waals surface area (Å²) in [5, 5.41) is 0. The van der Waals surface area contributed by atoms with Crippen molar-refractivity contribution in [2.75, 3.05) is 54.5 Å². The van der Waals surface area contributed by atoms with E-state index < -0.39 is 33.4 Å². The highest BCUT2D eigenvalue weighted by Gasteiger charge is 2.32. The number of carbonyl (C=O) groups is 2. The fraction of sp³-hybridized carbons (Fsp3) is 0.556. The maximum atomic E-state index is 14.7. The van der Waals surface area contributed by atoms with Crippen molar-refractivity contribution in [2.45, 2.75) is 19.4 Å². The van der Waals surface area contributed by atoms with Crippen molar-refractivity contribution < 1.29 is 27.1 Å². The van der Waals surface area contributed by atoms with Crippen LogP contribution in [-0.4, -0.2) is 76.2 Å². The normalized spacial score (nSPS) is 20.5. The molecule has 2 saturated heterocycles. The van der Waals surface area contributed by atoms with Gasteiger partial charge < -0.3 is 14.5 Å². The Balaban J connectivity index is 1.64. The number of halogens is 1. The van der Waals surface area contributed by atoms with Gasteiger partial charge in [-0.3, -0.25) is 9.69 Å². The van der Waals surface area contributed by atoms with E-state index in [9.17, 15) is 22.4 Å². The number of ether oxygens (including phenoxy) is 1. The number of benzene rings is 1. The standard InChI is InChI=1S/C18H24FN3O5S/c1-3-14-11-22(18(24)27-14)13-4-5-16(15(19)10-13)20-6-8-21(9-7-20)17(23)12-28(2,25)26/h4-5,10,14H,3,6-9,11-12H2,1-2H3/t14-/m0/s1. The lowest BCUT2D eigenvalue weighted by molar-refractivity contribution is -0.128. The highest BCUT2D eigenvalue weighted by Crippen LogP contribution is 2.29. The van der Waals surface area contributed by atoms with E-state index in [2.05, 4.69) is 0 Å². The summed E-state index contributed by atoms with van der Waals surface area (Å²) < 4.78 is 42.4. The summed E-state index contributed by atoms with van der Waals surface area (Å²) in [6, 6.07) is 4.61. The molecule has 2 amide bonds. The molecule has 2 heterocycles. The highest BCUT2D eigenvalue weighted by atomic mass is 32.2. The first-order valence-corrected chi connectivity index (χ1v) is 11.2. The van der Waals surface area contributed by atoms with E-state index >= 15 is 0 Å². The van der Waals surface area contributed by atoms with Gasteiger partial charge in [0.2, 0.25) is 5.91 Å². The van der Waals surface area contributed by atoms with Crippen LogP contribution in [0.2, 0.25) is 0 Å². The molecule has 28 heavy (non-hydrogen) atoms. The van der Waals surface area contributed by atoms with Crippen LogP contribution in [0.1, 0.15) is 13.3 Å². The molecule has 2 fully saturated rings. The average molecular weight is 413 g/mol. The van der Waals surface area contributed by atoms with Gasteiger partial charge in [0, 0.05) is 32.4 Å². The molecule has 0 aliphatic carbocycles. The Morgan fingerprint density at radius 2 is 1.93 bits per heavy atom. The molecule has 0 saturated carbocycles. The van der Waals surface area contributed by atoms with Crippen molar-refractivity contribution >= 4 is 33.2 Å². The SMILES string of the molecule is CC[C@H]1CN(c2ccc(N3CCN(C(=O)CS(C)(=O)=O)CC3)c(F)c2)C(=O)O1. The number of anilines is 2. The molecule has 8 nitrogen and oxygen atoms in total. The lowest BCUT2D eigenvalue weighted by Crippen LogP contribution is -2.50. The van der Waals surface area contributed by atoms with E-state index in [0.717, 1.165) is 6.26 Å². The Hall–Kier alpha value is -2.36. The predicted octanol–water partition coefficient (Wildman–Crippen LogP) is 1.25. The molecule has 154 valence electrons. The van der Waals surface area contributed by atoms with E-state index in [1.54, 1.807) is 17.0 Å². The monoisotopic (exact) mass is 413 g/mol. The fourth-order valence-corrected chi connectivity index (χ4v) is 4.01. The molecule has 1 aromatic carbocycles. The zero-order chi connectivity index (χ0) is 20.5. The molecule has 1 aromatic rings. The number of cyclic esters (lactones) is 1. The molecular weight excluding hydrogens is 389 g/mol. The summed E-state index contributed by atoms with van der Waals surface area (Å²) in [5.74, 6) is -1.40. The van der Waals surface area contributed by atoms with Gasteiger partial charge in [-0.2, -0.15) is 0 Å². The van der Waals surface area contributed by atoms with Crippen molar-refractivity contribution in [3.05, 3.63) is 24.0 Å². The van der Waals surface area contributed by atoms with Crippen molar-refractivity contribution in [1.82, 2.24) is 4.90 Å². The van der Waals surface area contributed by atoms with Gasteiger partial charge in [-0.1, -0.05) is 6.92 Å². The minimum absolute atomic E-state index is 0.187. The van der Waals surface area contributed by atoms with E-state index in [0.29, 0.717) is 50.5 Å². The molecular formula is C18H24FN3O5S. The number of sulfone groups is 1. The number of amides is 2. The summed E-state index contributed by atoms with van der Waals surface area (Å²) in [5.41, 5.74) is 0.836. The van der Waals surface area contributed by atoms with Gasteiger partial charge in [-0.05, 0) is 24.6 Å². The molecule has 0 spiro atoms. The number of nitrogens with zero attached hydrogens (tertiary/aromatic N) is 3. The second kappa shape index (κ2) is 7.94. The van der Waals surface area contributed by atoms with Gasteiger partial charge in [0.1, 0.15) is 17.7 Å². The zero-order valence-electron chi connectivity index (χ0n) is 15.9. The molecule has 0 bridgehead atoms. The molecule has 3 rings (SSSR count). The van der Waals surface area contributed by atoms with Crippen molar-refractivity contribution in [3.8, 4) is 0 Å². The largest absolute Gasteiger partial charge is 0.444 e. The Labute approximate surface area is 163 Å². The lowest BCUT2D eigenvalue weighted by atomic mass is 10.2. The molecule has 0 unspecified atom stereocenters. The Kier molecular flexibility index (Phi) is 5.78. The topological polar surface area (TPSA) is 87.2 Å². The molecule has 0 aromatic heterocycles. The van der Waals surface area contributed by atoms with Crippen LogP contribution in [0.3, 0.4) is 0 Å². The van der Waals surface area contributed by atoms with E-state index in [1.165, 1.54) is 15.9 Å². The maximum Gasteiger partial charge on any atom is 0.414 e. The van der Waals surface area contributed by atoms with Gasteiger partial charge in [-0.15, -0.1) is 0 Å². The van der Waals surface area contributed by atoms with E-state index in [4.69, 9.17) is 4.74 Å². The summed E-state index contributed by atoms with van der Waals surface area (Å²) >= 11 is 0. The number of carbonyl (C=O) groups excluding carboxylic acids is 2. The van der Waals surface area contributed by atoms with Crippen LogP contribution in [0.4, 0.5) is 20.6 Å². The van der Waals surface area contributed by atoms with Crippen LogP contribution in [0.25, 0.3) is 0 Å². The Morgan fingerprint density at radius 3 is 2.46 bits per heavy atom. The molecule has 10 heteroatoms. The quantitative estimate of drug-likeness (QED) is 0.722. The molecule has 1 atom stereocenters. The predicted molar refractivity (Wildman–Crippen MR) is 103 cm³/mol. The third-order valence-corrected chi connectivity index (χ3v) is 5.70. The average Bonchev–Trinajstić information content (AvgIpc) is 3.01. The maximum absolute atomic E-state index is 14.7. The zero-order valence-corrected chi connectivity index (χ0v) is 16.7. The Bertz CT molecular complexity index is 868. The minimum Gasteiger partial charge on any atom is -0.444 e. The lowest BCUT2D eigenvalue weighted by Gasteiger charge is -2.36. The van der Waals surface area contributed by atoms with Crippen molar-refractivity contribution in [3.63, 3.8) is 0 Å². The van der Waals surface area contributed by atoms with E-state index in [1.807, 2.05) is 6.92 Å². The smallest absolute Gasteiger partial charge is 0.414 e. The fourth-order valence-electron chi connectivity index (χ4n) is 3.38. The first kappa shape index (κ1) is 20.4. The second-order valence-corrected chi connectivity index (χ2v) is 9.24. The number of hydrogen-bond acceptors (Lipinski definition) is 6. The van der Waals surface area contributed by atoms with Crippen LogP contribution in [0, 0.1) is 5.82 Å². The van der Waals surface area contributed by atoms with Gasteiger partial charge >= 0.3 is 6.09 Å². The molecule has 0 radical (unpaired) electrons. The van der Waals surface area contributed by atoms with Crippen molar-refractivity contribution in [2.24, 2.45) is 0 Å². The number of piperazine rings is 1. The van der Waals surface area contributed by atoms with Crippen LogP contribution in [0.15, 0.2) is 18.2 Å². The first-order valence-electron chi connectivity index (χ1n) is 9.16. The van der Waals surface area contributed by atoms with E-state index in [-0.39, 0.29) is 6.10 Å². The summed E-state index contributed by atoms with van der Waals surface area (Å²) in [6.45, 7) is 3.77. The third-order valence-electron chi connectivity index (χ3n) is 4.93. The van der Waals surface area contributed by atoms with Crippen LogP contribution < -0.4 is 9.80 Å². The van der Waals surface area contributed by atoms with Crippen LogP contribution in [-0.2, 0) is 19.4 Å². The third kappa shape index (κ3) is 4.54. The van der Waals surface area contributed by atoms with Gasteiger partial charge in [0.15, 0.2) is 9.84 Å². The van der Waals surface area contributed by atoms with Crippen molar-refractivity contribution in [1.29, 1.82) is 0 Å². The summed E-state index contributed by atoms with van der Waals surface area (Å²) in [4.78, 5) is 28.6. The number of rotatable bonds is 5. The summed E-state index contributed by atoms with van der Waals surface area (Å²) in [6.07, 6.45) is 1.06. The molecule has 2 aliphatic heterocycles. The van der Waals surface area contributed by atoms with Crippen LogP contribution in [0.5, 0.6) is 0 Å². The van der Waals surface area contributed by atoms with Crippen LogP contribution >= 0.6 is 0 Å². The Morgan fingerprint density at radius 1 is 1.25 bits per heavy atom. The second-order valence-electron chi connectivity index (χ2n) is 7.10. The minimum atomic E-state index is -3.38. The molecule has 2 aliphatic rings. The summed E-state index contributed by atoms with van der Waals surface area (Å²) in [7, 11) is -3.38. The van der Waals surface area contributed by atoms with Gasteiger partial charge in [0.05, 0.1) is 17.9 Å². The first-order chi connectivity index (χ1) is 13.2. The highest BCUT2D eigenvalue weighted by molar-refractivity contribution is 7.91.